The van der Waals surface area contributed by atoms with Crippen LogP contribution in [0.5, 0.6) is 0 Å². The standard InChI is InChI=1S/C12H14F3NO2/c1-11(2,10(17)18-3)6-8-4-5-9(16-7-8)12(13,14)15/h4-5,7H,6H2,1-3H3. The summed E-state index contributed by atoms with van der Waals surface area (Å²) in [5, 5.41) is 0. The first-order valence-corrected chi connectivity index (χ1v) is 5.27. The average Bonchev–Trinajstić information content (AvgIpc) is 2.26. The fraction of sp³-hybridized carbons (Fsp3) is 0.500. The number of aromatic nitrogens is 1. The van der Waals surface area contributed by atoms with Crippen LogP contribution in [0.25, 0.3) is 0 Å². The van der Waals surface area contributed by atoms with Crippen molar-refractivity contribution in [3.8, 4) is 0 Å². The fourth-order valence-electron chi connectivity index (χ4n) is 1.56. The predicted molar refractivity (Wildman–Crippen MR) is 58.7 cm³/mol. The molecule has 18 heavy (non-hydrogen) atoms. The number of esters is 1. The van der Waals surface area contributed by atoms with Gasteiger partial charge in [0.15, 0.2) is 0 Å². The van der Waals surface area contributed by atoms with E-state index < -0.39 is 23.3 Å². The highest BCUT2D eigenvalue weighted by Gasteiger charge is 2.33. The minimum Gasteiger partial charge on any atom is -0.469 e. The van der Waals surface area contributed by atoms with Gasteiger partial charge in [-0.25, -0.2) is 0 Å². The Balaban J connectivity index is 2.85. The maximum atomic E-state index is 12.3. The van der Waals surface area contributed by atoms with Gasteiger partial charge in [-0.1, -0.05) is 6.07 Å². The van der Waals surface area contributed by atoms with Gasteiger partial charge in [-0.3, -0.25) is 9.78 Å². The lowest BCUT2D eigenvalue weighted by Gasteiger charge is -2.21. The van der Waals surface area contributed by atoms with E-state index in [0.29, 0.717) is 5.56 Å². The maximum Gasteiger partial charge on any atom is 0.433 e. The molecular formula is C12H14F3NO2. The van der Waals surface area contributed by atoms with E-state index in [2.05, 4.69) is 9.72 Å². The lowest BCUT2D eigenvalue weighted by Crippen LogP contribution is -2.28. The van der Waals surface area contributed by atoms with Crippen LogP contribution in [-0.4, -0.2) is 18.1 Å². The summed E-state index contributed by atoms with van der Waals surface area (Å²) in [5.41, 5.74) is -1.18. The first kappa shape index (κ1) is 14.5. The lowest BCUT2D eigenvalue weighted by molar-refractivity contribution is -0.150. The highest BCUT2D eigenvalue weighted by atomic mass is 19.4. The quantitative estimate of drug-likeness (QED) is 0.785. The van der Waals surface area contributed by atoms with Crippen LogP contribution in [0.3, 0.4) is 0 Å². The number of ether oxygens (including phenoxy) is 1. The summed E-state index contributed by atoms with van der Waals surface area (Å²) < 4.78 is 41.5. The van der Waals surface area contributed by atoms with Gasteiger partial charge < -0.3 is 4.74 Å². The van der Waals surface area contributed by atoms with Gasteiger partial charge in [-0.05, 0) is 31.9 Å². The van der Waals surface area contributed by atoms with Crippen LogP contribution < -0.4 is 0 Å². The Kier molecular flexibility index (Phi) is 3.98. The topological polar surface area (TPSA) is 39.2 Å². The summed E-state index contributed by atoms with van der Waals surface area (Å²) >= 11 is 0. The van der Waals surface area contributed by atoms with Crippen LogP contribution in [0.2, 0.25) is 0 Å². The number of carbonyl (C=O) groups is 1. The molecule has 3 nitrogen and oxygen atoms in total. The molecule has 100 valence electrons. The van der Waals surface area contributed by atoms with Crippen LogP contribution in [0.1, 0.15) is 25.1 Å². The molecule has 0 aliphatic rings. The zero-order chi connectivity index (χ0) is 14.0. The van der Waals surface area contributed by atoms with Crippen molar-refractivity contribution in [3.63, 3.8) is 0 Å². The molecule has 0 spiro atoms. The largest absolute Gasteiger partial charge is 0.469 e. The molecule has 1 aromatic heterocycles. The number of nitrogens with zero attached hydrogens (tertiary/aromatic N) is 1. The van der Waals surface area contributed by atoms with Gasteiger partial charge in [0.25, 0.3) is 0 Å². The van der Waals surface area contributed by atoms with Crippen molar-refractivity contribution in [1.82, 2.24) is 4.98 Å². The molecule has 0 aliphatic carbocycles. The molecule has 1 rings (SSSR count). The Hall–Kier alpha value is -1.59. The summed E-state index contributed by atoms with van der Waals surface area (Å²) in [5.74, 6) is -0.414. The number of hydrogen-bond donors (Lipinski definition) is 0. The van der Waals surface area contributed by atoms with Gasteiger partial charge in [0.05, 0.1) is 12.5 Å². The number of pyridine rings is 1. The van der Waals surface area contributed by atoms with Gasteiger partial charge in [0.2, 0.25) is 0 Å². The Bertz CT molecular complexity index is 424. The molecular weight excluding hydrogens is 247 g/mol. The maximum absolute atomic E-state index is 12.3. The van der Waals surface area contributed by atoms with Gasteiger partial charge >= 0.3 is 12.1 Å². The predicted octanol–water partition coefficient (Wildman–Crippen LogP) is 2.84. The molecule has 0 radical (unpaired) electrons. The van der Waals surface area contributed by atoms with Gasteiger partial charge in [-0.2, -0.15) is 13.2 Å². The number of rotatable bonds is 3. The normalized spacial score (nSPS) is 12.3. The van der Waals surface area contributed by atoms with Crippen molar-refractivity contribution in [2.45, 2.75) is 26.4 Å². The van der Waals surface area contributed by atoms with Crippen molar-refractivity contribution < 1.29 is 22.7 Å². The Morgan fingerprint density at radius 1 is 1.33 bits per heavy atom. The smallest absolute Gasteiger partial charge is 0.433 e. The Morgan fingerprint density at radius 2 is 1.94 bits per heavy atom. The molecule has 0 aliphatic heterocycles. The molecule has 1 aromatic rings. The van der Waals surface area contributed by atoms with E-state index in [-0.39, 0.29) is 6.42 Å². The van der Waals surface area contributed by atoms with Crippen LogP contribution >= 0.6 is 0 Å². The number of alkyl halides is 3. The second kappa shape index (κ2) is 4.96. The van der Waals surface area contributed by atoms with Crippen molar-refractivity contribution >= 4 is 5.97 Å². The second-order valence-electron chi connectivity index (χ2n) is 4.60. The third-order valence-corrected chi connectivity index (χ3v) is 2.50. The molecule has 1 heterocycles. The third kappa shape index (κ3) is 3.45. The minimum atomic E-state index is -4.45. The highest BCUT2D eigenvalue weighted by Crippen LogP contribution is 2.28. The van der Waals surface area contributed by atoms with Gasteiger partial charge in [0, 0.05) is 6.20 Å². The first-order valence-electron chi connectivity index (χ1n) is 5.27. The van der Waals surface area contributed by atoms with Crippen LogP contribution in [0.15, 0.2) is 18.3 Å². The molecule has 0 atom stereocenters. The molecule has 0 fully saturated rings. The van der Waals surface area contributed by atoms with Crippen LogP contribution in [-0.2, 0) is 22.1 Å². The number of methoxy groups -OCH3 is 1. The molecule has 0 bridgehead atoms. The zero-order valence-corrected chi connectivity index (χ0v) is 10.3. The van der Waals surface area contributed by atoms with E-state index in [0.717, 1.165) is 12.3 Å². The van der Waals surface area contributed by atoms with Crippen molar-refractivity contribution in [2.75, 3.05) is 7.11 Å². The molecule has 0 saturated heterocycles. The Morgan fingerprint density at radius 3 is 2.33 bits per heavy atom. The van der Waals surface area contributed by atoms with Crippen LogP contribution in [0.4, 0.5) is 13.2 Å². The zero-order valence-electron chi connectivity index (χ0n) is 10.3. The summed E-state index contributed by atoms with van der Waals surface area (Å²) in [4.78, 5) is 14.8. The molecule has 0 amide bonds. The molecule has 6 heteroatoms. The van der Waals surface area contributed by atoms with E-state index >= 15 is 0 Å². The first-order chi connectivity index (χ1) is 8.16. The molecule has 0 N–H and O–H groups in total. The molecule has 0 unspecified atom stereocenters. The molecule has 0 saturated carbocycles. The number of carbonyl (C=O) groups excluding carboxylic acids is 1. The fourth-order valence-corrected chi connectivity index (χ4v) is 1.56. The SMILES string of the molecule is COC(=O)C(C)(C)Cc1ccc(C(F)(F)F)nc1. The van der Waals surface area contributed by atoms with E-state index in [1.807, 2.05) is 0 Å². The summed E-state index contributed by atoms with van der Waals surface area (Å²) in [6, 6.07) is 2.23. The van der Waals surface area contributed by atoms with Gasteiger partial charge in [-0.15, -0.1) is 0 Å². The van der Waals surface area contributed by atoms with Crippen molar-refractivity contribution in [1.29, 1.82) is 0 Å². The van der Waals surface area contributed by atoms with E-state index in [4.69, 9.17) is 0 Å². The summed E-state index contributed by atoms with van der Waals surface area (Å²) in [6.45, 7) is 3.33. The second-order valence-corrected chi connectivity index (χ2v) is 4.60. The van der Waals surface area contributed by atoms with Crippen molar-refractivity contribution in [3.05, 3.63) is 29.6 Å². The van der Waals surface area contributed by atoms with Crippen molar-refractivity contribution in [2.24, 2.45) is 5.41 Å². The van der Waals surface area contributed by atoms with Crippen LogP contribution in [0, 0.1) is 5.41 Å². The van der Waals surface area contributed by atoms with E-state index in [9.17, 15) is 18.0 Å². The average molecular weight is 261 g/mol. The number of halogens is 3. The highest BCUT2D eigenvalue weighted by molar-refractivity contribution is 5.76. The third-order valence-electron chi connectivity index (χ3n) is 2.50. The number of hydrogen-bond acceptors (Lipinski definition) is 3. The monoisotopic (exact) mass is 261 g/mol. The summed E-state index contributed by atoms with van der Waals surface area (Å²) in [7, 11) is 1.27. The van der Waals surface area contributed by atoms with Gasteiger partial charge in [0.1, 0.15) is 5.69 Å². The van der Waals surface area contributed by atoms with E-state index in [1.165, 1.54) is 13.2 Å². The minimum absolute atomic E-state index is 0.269. The Labute approximate surface area is 103 Å². The molecule has 0 aromatic carbocycles. The summed E-state index contributed by atoms with van der Waals surface area (Å²) in [6.07, 6.45) is -3.05. The lowest BCUT2D eigenvalue weighted by atomic mass is 9.86. The van der Waals surface area contributed by atoms with E-state index in [1.54, 1.807) is 13.8 Å².